The molecule has 2 amide bonds. The molecule has 8 heteroatoms. The van der Waals surface area contributed by atoms with Gasteiger partial charge >= 0.3 is 6.18 Å². The first-order chi connectivity index (χ1) is 11.8. The molecule has 0 aliphatic carbocycles. The zero-order chi connectivity index (χ0) is 18.9. The molecule has 0 radical (unpaired) electrons. The van der Waals surface area contributed by atoms with E-state index >= 15 is 0 Å². The lowest BCUT2D eigenvalue weighted by Crippen LogP contribution is -2.40. The Morgan fingerprint density at radius 2 is 1.96 bits per heavy atom. The zero-order valence-corrected chi connectivity index (χ0v) is 15.1. The van der Waals surface area contributed by atoms with Crippen LogP contribution in [0.1, 0.15) is 58.8 Å². The number of unbranched alkanes of at least 4 members (excludes halogenated alkanes) is 1. The first kappa shape index (κ1) is 21.4. The fourth-order valence-corrected chi connectivity index (χ4v) is 2.76. The van der Waals surface area contributed by atoms with Crippen LogP contribution in [-0.2, 0) is 9.59 Å². The first-order valence-electron chi connectivity index (χ1n) is 8.96. The van der Waals surface area contributed by atoms with Gasteiger partial charge in [0.15, 0.2) is 0 Å². The summed E-state index contributed by atoms with van der Waals surface area (Å²) < 4.78 is 36.9. The lowest BCUT2D eigenvalue weighted by atomic mass is 10.2. The summed E-state index contributed by atoms with van der Waals surface area (Å²) in [6.45, 7) is 5.39. The van der Waals surface area contributed by atoms with Crippen molar-refractivity contribution in [1.29, 1.82) is 0 Å². The normalized spacial score (nSPS) is 17.5. The number of carbonyl (C=O) groups is 2. The largest absolute Gasteiger partial charge is 0.389 e. The number of rotatable bonds is 6. The van der Waals surface area contributed by atoms with E-state index in [2.05, 4.69) is 11.9 Å². The van der Waals surface area contributed by atoms with Crippen LogP contribution in [0.15, 0.2) is 4.99 Å². The number of hydrogen-bond donors (Lipinski definition) is 0. The van der Waals surface area contributed by atoms with E-state index in [-0.39, 0.29) is 18.9 Å². The molecule has 0 fully saturated rings. The highest BCUT2D eigenvalue weighted by Crippen LogP contribution is 2.22. The van der Waals surface area contributed by atoms with Crippen molar-refractivity contribution in [3.05, 3.63) is 0 Å². The van der Waals surface area contributed by atoms with Gasteiger partial charge in [0.2, 0.25) is 11.8 Å². The van der Waals surface area contributed by atoms with Crippen LogP contribution in [0, 0.1) is 0 Å². The molecule has 1 heterocycles. The minimum absolute atomic E-state index is 0.0399. The van der Waals surface area contributed by atoms with Gasteiger partial charge in [-0.25, -0.2) is 0 Å². The lowest BCUT2D eigenvalue weighted by Gasteiger charge is -2.27. The maximum atomic E-state index is 12.4. The van der Waals surface area contributed by atoms with Gasteiger partial charge in [0, 0.05) is 38.9 Å². The Kier molecular flexibility index (Phi) is 8.92. The van der Waals surface area contributed by atoms with Gasteiger partial charge in [-0.3, -0.25) is 14.6 Å². The summed E-state index contributed by atoms with van der Waals surface area (Å²) in [7, 11) is 0. The number of hydrogen-bond acceptors (Lipinski definition) is 3. The van der Waals surface area contributed by atoms with E-state index in [0.717, 1.165) is 18.7 Å². The molecular formula is C17H28F3N3O2. The highest BCUT2D eigenvalue weighted by molar-refractivity contribution is 5.98. The van der Waals surface area contributed by atoms with Crippen LogP contribution >= 0.6 is 0 Å². The van der Waals surface area contributed by atoms with Crippen LogP contribution in [0.25, 0.3) is 0 Å². The van der Waals surface area contributed by atoms with Crippen LogP contribution < -0.4 is 0 Å². The number of halogens is 3. The number of amidine groups is 1. The second-order valence-electron chi connectivity index (χ2n) is 6.14. The molecule has 0 aromatic heterocycles. The molecule has 25 heavy (non-hydrogen) atoms. The number of aliphatic imine (C=N–C) groups is 1. The smallest absolute Gasteiger partial charge is 0.341 e. The van der Waals surface area contributed by atoms with Gasteiger partial charge in [0.25, 0.3) is 0 Å². The average molecular weight is 363 g/mol. The van der Waals surface area contributed by atoms with Crippen LogP contribution in [-0.4, -0.2) is 59.8 Å². The van der Waals surface area contributed by atoms with Crippen molar-refractivity contribution < 1.29 is 22.8 Å². The standard InChI is InChI=1S/C17H28F3N3O2/c1-3-5-7-14-21-11-13-22(15(24)9-10-17(18,19)20)12-6-8-16(25)23(14)4-2/h3-13H2,1-2H3. The fourth-order valence-electron chi connectivity index (χ4n) is 2.76. The van der Waals surface area contributed by atoms with Crippen molar-refractivity contribution in [2.45, 2.75) is 65.0 Å². The molecule has 0 N–H and O–H groups in total. The number of carbonyl (C=O) groups excluding carboxylic acids is 2. The van der Waals surface area contributed by atoms with E-state index in [4.69, 9.17) is 0 Å². The Balaban J connectivity index is 2.78. The first-order valence-corrected chi connectivity index (χ1v) is 8.96. The quantitative estimate of drug-likeness (QED) is 0.726. The minimum Gasteiger partial charge on any atom is -0.341 e. The van der Waals surface area contributed by atoms with Gasteiger partial charge in [0.05, 0.1) is 13.0 Å². The summed E-state index contributed by atoms with van der Waals surface area (Å²) >= 11 is 0. The molecule has 0 saturated heterocycles. The van der Waals surface area contributed by atoms with Crippen molar-refractivity contribution in [1.82, 2.24) is 9.80 Å². The van der Waals surface area contributed by atoms with E-state index < -0.39 is 24.9 Å². The molecule has 144 valence electrons. The molecule has 0 aromatic carbocycles. The Hall–Kier alpha value is -1.60. The summed E-state index contributed by atoms with van der Waals surface area (Å²) in [6.07, 6.45) is -2.70. The third-order valence-corrected chi connectivity index (χ3v) is 4.14. The molecule has 1 aliphatic heterocycles. The molecule has 0 aromatic rings. The van der Waals surface area contributed by atoms with Crippen LogP contribution in [0.2, 0.25) is 0 Å². The summed E-state index contributed by atoms with van der Waals surface area (Å²) in [4.78, 5) is 32.0. The Labute approximate surface area is 147 Å². The second-order valence-corrected chi connectivity index (χ2v) is 6.14. The minimum atomic E-state index is -4.34. The zero-order valence-electron chi connectivity index (χ0n) is 15.1. The van der Waals surface area contributed by atoms with Gasteiger partial charge in [-0.15, -0.1) is 0 Å². The summed E-state index contributed by atoms with van der Waals surface area (Å²) in [5, 5.41) is 0. The maximum absolute atomic E-state index is 12.4. The van der Waals surface area contributed by atoms with Gasteiger partial charge in [-0.2, -0.15) is 13.2 Å². The summed E-state index contributed by atoms with van der Waals surface area (Å²) in [5.74, 6) is 0.156. The van der Waals surface area contributed by atoms with Crippen LogP contribution in [0.5, 0.6) is 0 Å². The Bertz CT molecular complexity index is 478. The van der Waals surface area contributed by atoms with Gasteiger partial charge in [0.1, 0.15) is 5.84 Å². The van der Waals surface area contributed by atoms with Crippen LogP contribution in [0.3, 0.4) is 0 Å². The maximum Gasteiger partial charge on any atom is 0.389 e. The monoisotopic (exact) mass is 363 g/mol. The van der Waals surface area contributed by atoms with Gasteiger partial charge in [-0.05, 0) is 19.8 Å². The predicted octanol–water partition coefficient (Wildman–Crippen LogP) is 3.39. The van der Waals surface area contributed by atoms with Crippen molar-refractivity contribution in [3.63, 3.8) is 0 Å². The van der Waals surface area contributed by atoms with E-state index in [0.29, 0.717) is 32.5 Å². The Morgan fingerprint density at radius 1 is 1.24 bits per heavy atom. The van der Waals surface area contributed by atoms with Crippen molar-refractivity contribution in [3.8, 4) is 0 Å². The highest BCUT2D eigenvalue weighted by Gasteiger charge is 2.29. The lowest BCUT2D eigenvalue weighted by molar-refractivity contribution is -0.149. The van der Waals surface area contributed by atoms with Crippen molar-refractivity contribution >= 4 is 17.6 Å². The third kappa shape index (κ3) is 7.88. The highest BCUT2D eigenvalue weighted by atomic mass is 19.4. The summed E-state index contributed by atoms with van der Waals surface area (Å²) in [6, 6.07) is 0. The number of nitrogens with zero attached hydrogens (tertiary/aromatic N) is 3. The molecule has 5 nitrogen and oxygen atoms in total. The van der Waals surface area contributed by atoms with Crippen molar-refractivity contribution in [2.24, 2.45) is 4.99 Å². The topological polar surface area (TPSA) is 53.0 Å². The number of alkyl halides is 3. The molecule has 1 aliphatic rings. The average Bonchev–Trinajstić information content (AvgIpc) is 2.55. The van der Waals surface area contributed by atoms with Gasteiger partial charge in [-0.1, -0.05) is 13.3 Å². The van der Waals surface area contributed by atoms with E-state index in [1.54, 1.807) is 4.90 Å². The van der Waals surface area contributed by atoms with E-state index in [1.165, 1.54) is 4.90 Å². The molecule has 0 saturated carbocycles. The summed E-state index contributed by atoms with van der Waals surface area (Å²) in [5.41, 5.74) is 0. The molecular weight excluding hydrogens is 335 g/mol. The predicted molar refractivity (Wildman–Crippen MR) is 90.3 cm³/mol. The second kappa shape index (κ2) is 10.4. The molecule has 0 bridgehead atoms. The van der Waals surface area contributed by atoms with Crippen molar-refractivity contribution in [2.75, 3.05) is 26.2 Å². The Morgan fingerprint density at radius 3 is 2.56 bits per heavy atom. The van der Waals surface area contributed by atoms with E-state index in [1.807, 2.05) is 6.92 Å². The SMILES string of the molecule is CCCCC1=NCCN(C(=O)CCC(F)(F)F)CCCC(=O)N1CC. The van der Waals surface area contributed by atoms with Gasteiger partial charge < -0.3 is 9.80 Å². The molecule has 1 rings (SSSR count). The fraction of sp³-hybridized carbons (Fsp3) is 0.824. The molecule has 0 spiro atoms. The molecule has 0 atom stereocenters. The number of amides is 2. The third-order valence-electron chi connectivity index (χ3n) is 4.14. The van der Waals surface area contributed by atoms with E-state index in [9.17, 15) is 22.8 Å². The van der Waals surface area contributed by atoms with Crippen LogP contribution in [0.4, 0.5) is 13.2 Å². The molecule has 0 unspecified atom stereocenters.